The first-order valence-corrected chi connectivity index (χ1v) is 19.5. The van der Waals surface area contributed by atoms with E-state index in [4.69, 9.17) is 0 Å². The van der Waals surface area contributed by atoms with E-state index in [1.807, 2.05) is 0 Å². The molecule has 0 amide bonds. The fourth-order valence-corrected chi connectivity index (χ4v) is 9.22. The average molecular weight is 708 g/mol. The Hall–Kier alpha value is -6.58. The van der Waals surface area contributed by atoms with Gasteiger partial charge in [0.15, 0.2) is 0 Å². The van der Waals surface area contributed by atoms with E-state index >= 15 is 0 Å². The van der Waals surface area contributed by atoms with Gasteiger partial charge in [-0.15, -0.1) is 0 Å². The summed E-state index contributed by atoms with van der Waals surface area (Å²) in [6.45, 7) is 6.81. The van der Waals surface area contributed by atoms with Crippen molar-refractivity contribution in [2.24, 2.45) is 0 Å². The fourth-order valence-electron chi connectivity index (χ4n) is 9.22. The monoisotopic (exact) mass is 707 g/mol. The number of hydrogen-bond acceptors (Lipinski definition) is 0. The van der Waals surface area contributed by atoms with Gasteiger partial charge in [-0.2, -0.15) is 0 Å². The van der Waals surface area contributed by atoms with Crippen LogP contribution in [0.25, 0.3) is 87.9 Å². The van der Waals surface area contributed by atoms with Crippen LogP contribution in [0.15, 0.2) is 176 Å². The first-order chi connectivity index (χ1) is 26.9. The zero-order valence-corrected chi connectivity index (χ0v) is 31.4. The highest BCUT2D eigenvalue weighted by Crippen LogP contribution is 2.40. The maximum absolute atomic E-state index is 2.54. The van der Waals surface area contributed by atoms with Crippen molar-refractivity contribution in [1.82, 2.24) is 13.7 Å². The summed E-state index contributed by atoms with van der Waals surface area (Å²) in [5.74, 6) is 0. The summed E-state index contributed by atoms with van der Waals surface area (Å²) < 4.78 is 7.40. The number of para-hydroxylation sites is 3. The molecule has 3 heteroatoms. The minimum atomic E-state index is 0.112. The van der Waals surface area contributed by atoms with Crippen LogP contribution >= 0.6 is 0 Å². The molecule has 3 nitrogen and oxygen atoms in total. The molecule has 10 aromatic rings. The fraction of sp³-hybridized carbons (Fsp3) is 0.115. The van der Waals surface area contributed by atoms with Gasteiger partial charge in [-0.1, -0.05) is 130 Å². The largest absolute Gasteiger partial charge is 0.333 e. The molecule has 264 valence electrons. The zero-order valence-electron chi connectivity index (χ0n) is 31.4. The van der Waals surface area contributed by atoms with Crippen molar-refractivity contribution in [2.75, 3.05) is 0 Å². The summed E-state index contributed by atoms with van der Waals surface area (Å²) in [5, 5.41) is 7.65. The predicted molar refractivity (Wildman–Crippen MR) is 234 cm³/mol. The molecule has 0 aliphatic heterocycles. The summed E-state index contributed by atoms with van der Waals surface area (Å²) in [6, 6.07) is 56.9. The highest BCUT2D eigenvalue weighted by atomic mass is 15.0. The second kappa shape index (κ2) is 12.0. The minimum Gasteiger partial charge on any atom is -0.333 e. The number of benzene rings is 7. The summed E-state index contributed by atoms with van der Waals surface area (Å²) in [5.41, 5.74) is 13.7. The third-order valence-electron chi connectivity index (χ3n) is 11.9. The van der Waals surface area contributed by atoms with Gasteiger partial charge in [-0.3, -0.25) is 0 Å². The van der Waals surface area contributed by atoms with Crippen molar-refractivity contribution in [3.05, 3.63) is 182 Å². The number of rotatable bonds is 4. The van der Waals surface area contributed by atoms with Gasteiger partial charge in [-0.25, -0.2) is 0 Å². The molecule has 1 aliphatic rings. The van der Waals surface area contributed by atoms with Crippen LogP contribution in [0.3, 0.4) is 0 Å². The zero-order chi connectivity index (χ0) is 36.8. The van der Waals surface area contributed by atoms with Crippen molar-refractivity contribution in [3.63, 3.8) is 0 Å². The molecule has 1 aliphatic carbocycles. The summed E-state index contributed by atoms with van der Waals surface area (Å²) >= 11 is 0. The third kappa shape index (κ3) is 4.89. The van der Waals surface area contributed by atoms with Gasteiger partial charge < -0.3 is 13.7 Å². The normalized spacial score (nSPS) is 14.8. The van der Waals surface area contributed by atoms with Crippen LogP contribution in [-0.2, 0) is 5.41 Å². The van der Waals surface area contributed by atoms with Crippen LogP contribution in [0.5, 0.6) is 0 Å². The molecule has 0 radical (unpaired) electrons. The standard InChI is InChI=1S/C52H41N3/c1-52(2,3)36-23-25-38(26-24-36)53-47-19-11-8-16-41(47)44-31-34(21-29-49(44)53)35-22-30-50-45(32-35)42-17-9-12-20-48(42)55(50)39-27-28-43-40-15-7-10-18-46(40)54(51(43)33-39)37-13-5-4-6-14-37/h4-13,15-33,37H,14H2,1-3H3. The maximum atomic E-state index is 2.54. The quantitative estimate of drug-likeness (QED) is 0.173. The number of aromatic nitrogens is 3. The van der Waals surface area contributed by atoms with Gasteiger partial charge in [0.2, 0.25) is 0 Å². The van der Waals surface area contributed by atoms with Crippen molar-refractivity contribution in [1.29, 1.82) is 0 Å². The Morgan fingerprint density at radius 2 is 0.945 bits per heavy atom. The van der Waals surface area contributed by atoms with E-state index in [2.05, 4.69) is 210 Å². The van der Waals surface area contributed by atoms with Crippen LogP contribution in [0.1, 0.15) is 38.8 Å². The van der Waals surface area contributed by atoms with E-state index in [-0.39, 0.29) is 11.5 Å². The van der Waals surface area contributed by atoms with E-state index in [0.717, 1.165) is 6.42 Å². The molecule has 0 saturated carbocycles. The number of hydrogen-bond donors (Lipinski definition) is 0. The molecule has 1 unspecified atom stereocenters. The highest BCUT2D eigenvalue weighted by molar-refractivity contribution is 6.13. The van der Waals surface area contributed by atoms with Crippen LogP contribution in [-0.4, -0.2) is 13.7 Å². The lowest BCUT2D eigenvalue weighted by Gasteiger charge is -2.19. The lowest BCUT2D eigenvalue weighted by molar-refractivity contribution is 0.590. The molecular weight excluding hydrogens is 667 g/mol. The molecule has 1 atom stereocenters. The number of fused-ring (bicyclic) bond motifs is 9. The molecule has 3 aromatic heterocycles. The molecule has 0 bridgehead atoms. The van der Waals surface area contributed by atoms with Gasteiger partial charge in [-0.05, 0) is 95.3 Å². The summed E-state index contributed by atoms with van der Waals surface area (Å²) in [7, 11) is 0. The SMILES string of the molecule is CC(C)(C)c1ccc(-n2c3ccccc3c3cc(-c4ccc5c(c4)c4ccccc4n5-c4ccc5c6ccccc6n(C6C=CC=CC6)c5c4)ccc32)cc1. The van der Waals surface area contributed by atoms with E-state index in [1.165, 1.54) is 93.5 Å². The van der Waals surface area contributed by atoms with Crippen LogP contribution in [0.2, 0.25) is 0 Å². The molecule has 0 spiro atoms. The third-order valence-corrected chi connectivity index (χ3v) is 11.9. The second-order valence-electron chi connectivity index (χ2n) is 16.2. The number of nitrogens with zero attached hydrogens (tertiary/aromatic N) is 3. The van der Waals surface area contributed by atoms with Crippen molar-refractivity contribution in [3.8, 4) is 22.5 Å². The summed E-state index contributed by atoms with van der Waals surface area (Å²) in [6.07, 6.45) is 9.94. The van der Waals surface area contributed by atoms with Gasteiger partial charge in [0.1, 0.15) is 0 Å². The Labute approximate surface area is 320 Å². The van der Waals surface area contributed by atoms with Gasteiger partial charge in [0.25, 0.3) is 0 Å². The van der Waals surface area contributed by atoms with Gasteiger partial charge in [0.05, 0.1) is 33.6 Å². The van der Waals surface area contributed by atoms with Crippen molar-refractivity contribution in [2.45, 2.75) is 38.6 Å². The van der Waals surface area contributed by atoms with E-state index in [9.17, 15) is 0 Å². The molecular formula is C52H41N3. The molecule has 0 saturated heterocycles. The molecule has 0 N–H and O–H groups in total. The molecule has 11 rings (SSSR count). The number of allylic oxidation sites excluding steroid dienone is 4. The van der Waals surface area contributed by atoms with Crippen molar-refractivity contribution >= 4 is 65.4 Å². The topological polar surface area (TPSA) is 14.8 Å². The van der Waals surface area contributed by atoms with E-state index in [1.54, 1.807) is 0 Å². The first-order valence-electron chi connectivity index (χ1n) is 19.5. The Bertz CT molecular complexity index is 3210. The van der Waals surface area contributed by atoms with E-state index in [0.29, 0.717) is 0 Å². The van der Waals surface area contributed by atoms with E-state index < -0.39 is 0 Å². The maximum Gasteiger partial charge on any atom is 0.0560 e. The molecule has 3 heterocycles. The molecule has 0 fully saturated rings. The van der Waals surface area contributed by atoms with Crippen LogP contribution in [0, 0.1) is 0 Å². The Balaban J connectivity index is 1.07. The highest BCUT2D eigenvalue weighted by Gasteiger charge is 2.20. The Morgan fingerprint density at radius 1 is 0.436 bits per heavy atom. The van der Waals surface area contributed by atoms with Crippen molar-refractivity contribution < 1.29 is 0 Å². The van der Waals surface area contributed by atoms with Gasteiger partial charge in [0, 0.05) is 49.2 Å². The molecule has 7 aromatic carbocycles. The lowest BCUT2D eigenvalue weighted by atomic mass is 9.87. The second-order valence-corrected chi connectivity index (χ2v) is 16.2. The van der Waals surface area contributed by atoms with Gasteiger partial charge >= 0.3 is 0 Å². The van der Waals surface area contributed by atoms with Crippen LogP contribution in [0.4, 0.5) is 0 Å². The summed E-state index contributed by atoms with van der Waals surface area (Å²) in [4.78, 5) is 0. The minimum absolute atomic E-state index is 0.112. The van der Waals surface area contributed by atoms with Crippen LogP contribution < -0.4 is 0 Å². The Kier molecular flexibility index (Phi) is 6.94. The smallest absolute Gasteiger partial charge is 0.0560 e. The molecule has 55 heavy (non-hydrogen) atoms. The average Bonchev–Trinajstić information content (AvgIpc) is 3.86. The predicted octanol–water partition coefficient (Wildman–Crippen LogP) is 14.0. The first kappa shape index (κ1) is 31.9. The lowest BCUT2D eigenvalue weighted by Crippen LogP contribution is -2.10. The Morgan fingerprint density at radius 3 is 1.53 bits per heavy atom.